The van der Waals surface area contributed by atoms with Crippen LogP contribution in [0.15, 0.2) is 12.1 Å². The first kappa shape index (κ1) is 11.4. The fourth-order valence-corrected chi connectivity index (χ4v) is 0.988. The van der Waals surface area contributed by atoms with E-state index in [1.807, 2.05) is 0 Å². The van der Waals surface area contributed by atoms with Gasteiger partial charge in [-0.25, -0.2) is 13.2 Å². The molecule has 15 heavy (non-hydrogen) atoms. The predicted octanol–water partition coefficient (Wildman–Crippen LogP) is 1.39. The molecule has 0 unspecified atom stereocenters. The summed E-state index contributed by atoms with van der Waals surface area (Å²) in [5.74, 6) is -4.62. The summed E-state index contributed by atoms with van der Waals surface area (Å²) in [5.41, 5.74) is 4.92. The first-order valence-corrected chi connectivity index (χ1v) is 4.17. The van der Waals surface area contributed by atoms with Gasteiger partial charge in [-0.1, -0.05) is 0 Å². The normalized spacial score (nSPS) is 10.1. The average molecular weight is 218 g/mol. The van der Waals surface area contributed by atoms with Crippen molar-refractivity contribution in [2.75, 3.05) is 11.9 Å². The molecule has 3 nitrogen and oxygen atoms in total. The lowest BCUT2D eigenvalue weighted by Crippen LogP contribution is -2.16. The number of rotatable bonds is 4. The van der Waals surface area contributed by atoms with E-state index in [0.29, 0.717) is 0 Å². The Morgan fingerprint density at radius 3 is 2.27 bits per heavy atom. The number of carbonyl (C=O) groups is 1. The van der Waals surface area contributed by atoms with Crippen LogP contribution in [0.4, 0.5) is 18.9 Å². The molecule has 3 N–H and O–H groups in total. The number of halogens is 3. The molecule has 0 heterocycles. The lowest BCUT2D eigenvalue weighted by molar-refractivity contribution is -0.117. The van der Waals surface area contributed by atoms with Crippen LogP contribution in [0.1, 0.15) is 6.42 Å². The molecule has 1 rings (SSSR count). The van der Waals surface area contributed by atoms with Gasteiger partial charge < -0.3 is 11.1 Å². The molecule has 1 amide bonds. The van der Waals surface area contributed by atoms with Crippen molar-refractivity contribution in [2.45, 2.75) is 6.42 Å². The molecular weight excluding hydrogens is 209 g/mol. The van der Waals surface area contributed by atoms with E-state index in [1.165, 1.54) is 0 Å². The highest BCUT2D eigenvalue weighted by atomic mass is 19.2. The number of anilines is 1. The summed E-state index contributed by atoms with van der Waals surface area (Å²) in [4.78, 5) is 10.4. The minimum atomic E-state index is -1.52. The van der Waals surface area contributed by atoms with Crippen molar-refractivity contribution in [1.82, 2.24) is 0 Å². The molecule has 0 bridgehead atoms. The van der Waals surface area contributed by atoms with Crippen LogP contribution in [0, 0.1) is 17.5 Å². The molecule has 0 aliphatic rings. The standard InChI is InChI=1S/C9H9F3N2O/c10-6-3-5(4-7(11)9(6)12)14-2-1-8(13)15/h3-4,14H,1-2H2,(H2,13,15). The van der Waals surface area contributed by atoms with Crippen LogP contribution in [-0.2, 0) is 4.79 Å². The van der Waals surface area contributed by atoms with Crippen molar-refractivity contribution < 1.29 is 18.0 Å². The summed E-state index contributed by atoms with van der Waals surface area (Å²) in [6.07, 6.45) is 0.0284. The number of hydrogen-bond acceptors (Lipinski definition) is 2. The van der Waals surface area contributed by atoms with Gasteiger partial charge >= 0.3 is 0 Å². The second kappa shape index (κ2) is 4.68. The van der Waals surface area contributed by atoms with E-state index in [2.05, 4.69) is 5.32 Å². The largest absolute Gasteiger partial charge is 0.384 e. The molecular formula is C9H9F3N2O. The summed E-state index contributed by atoms with van der Waals surface area (Å²) in [6.45, 7) is 0.139. The Morgan fingerprint density at radius 2 is 1.80 bits per heavy atom. The molecule has 0 saturated carbocycles. The summed E-state index contributed by atoms with van der Waals surface area (Å²) < 4.78 is 37.9. The van der Waals surface area contributed by atoms with E-state index in [0.717, 1.165) is 12.1 Å². The maximum absolute atomic E-state index is 12.7. The number of benzene rings is 1. The highest BCUT2D eigenvalue weighted by Gasteiger charge is 2.10. The van der Waals surface area contributed by atoms with E-state index < -0.39 is 23.4 Å². The predicted molar refractivity (Wildman–Crippen MR) is 48.6 cm³/mol. The molecule has 0 atom stereocenters. The number of carbonyl (C=O) groups excluding carboxylic acids is 1. The van der Waals surface area contributed by atoms with Crippen LogP contribution in [0.3, 0.4) is 0 Å². The number of nitrogens with one attached hydrogen (secondary N) is 1. The van der Waals surface area contributed by atoms with Crippen molar-refractivity contribution in [2.24, 2.45) is 5.73 Å². The zero-order valence-corrected chi connectivity index (χ0v) is 7.69. The van der Waals surface area contributed by atoms with Crippen LogP contribution in [0.2, 0.25) is 0 Å². The van der Waals surface area contributed by atoms with Crippen LogP contribution in [0.5, 0.6) is 0 Å². The van der Waals surface area contributed by atoms with Crippen molar-refractivity contribution >= 4 is 11.6 Å². The number of primary amides is 1. The smallest absolute Gasteiger partial charge is 0.219 e. The van der Waals surface area contributed by atoms with Crippen molar-refractivity contribution in [3.8, 4) is 0 Å². The van der Waals surface area contributed by atoms with Gasteiger partial charge in [0.25, 0.3) is 0 Å². The Morgan fingerprint density at radius 1 is 1.27 bits per heavy atom. The Bertz CT molecular complexity index is 359. The molecule has 0 aliphatic heterocycles. The van der Waals surface area contributed by atoms with Gasteiger partial charge in [0.15, 0.2) is 17.5 Å². The third-order valence-electron chi connectivity index (χ3n) is 1.68. The van der Waals surface area contributed by atoms with E-state index in [1.54, 1.807) is 0 Å². The minimum Gasteiger partial charge on any atom is -0.384 e. The number of nitrogens with two attached hydrogens (primary N) is 1. The highest BCUT2D eigenvalue weighted by molar-refractivity contribution is 5.74. The lowest BCUT2D eigenvalue weighted by Gasteiger charge is -2.05. The molecule has 1 aromatic rings. The van der Waals surface area contributed by atoms with Crippen molar-refractivity contribution in [1.29, 1.82) is 0 Å². The van der Waals surface area contributed by atoms with Gasteiger partial charge in [0, 0.05) is 30.8 Å². The number of hydrogen-bond donors (Lipinski definition) is 2. The maximum atomic E-state index is 12.7. The monoisotopic (exact) mass is 218 g/mol. The maximum Gasteiger partial charge on any atom is 0.219 e. The number of amides is 1. The third-order valence-corrected chi connectivity index (χ3v) is 1.68. The average Bonchev–Trinajstić information content (AvgIpc) is 2.13. The Balaban J connectivity index is 2.66. The van der Waals surface area contributed by atoms with Crippen LogP contribution in [-0.4, -0.2) is 12.5 Å². The van der Waals surface area contributed by atoms with Crippen molar-refractivity contribution in [3.63, 3.8) is 0 Å². The minimum absolute atomic E-state index is 0.0284. The van der Waals surface area contributed by atoms with Crippen LogP contribution >= 0.6 is 0 Å². The second-order valence-corrected chi connectivity index (χ2v) is 2.90. The quantitative estimate of drug-likeness (QED) is 0.750. The summed E-state index contributed by atoms with van der Waals surface area (Å²) in [7, 11) is 0. The zero-order chi connectivity index (χ0) is 11.4. The molecule has 1 aromatic carbocycles. The molecule has 0 aliphatic carbocycles. The van der Waals surface area contributed by atoms with Gasteiger partial charge in [0.05, 0.1) is 0 Å². The highest BCUT2D eigenvalue weighted by Crippen LogP contribution is 2.16. The molecule has 0 saturated heterocycles. The first-order chi connectivity index (χ1) is 7.00. The van der Waals surface area contributed by atoms with Gasteiger partial charge in [-0.15, -0.1) is 0 Å². The van der Waals surface area contributed by atoms with Crippen molar-refractivity contribution in [3.05, 3.63) is 29.6 Å². The first-order valence-electron chi connectivity index (χ1n) is 4.17. The third kappa shape index (κ3) is 3.16. The fraction of sp³-hybridized carbons (Fsp3) is 0.222. The second-order valence-electron chi connectivity index (χ2n) is 2.90. The van der Waals surface area contributed by atoms with Gasteiger partial charge in [0.1, 0.15) is 0 Å². The SMILES string of the molecule is NC(=O)CCNc1cc(F)c(F)c(F)c1. The lowest BCUT2D eigenvalue weighted by atomic mass is 10.2. The topological polar surface area (TPSA) is 55.1 Å². The molecule has 0 aromatic heterocycles. The summed E-state index contributed by atoms with van der Waals surface area (Å²) in [6, 6.07) is 1.61. The van der Waals surface area contributed by atoms with Gasteiger partial charge in [-0.2, -0.15) is 0 Å². The summed E-state index contributed by atoms with van der Waals surface area (Å²) >= 11 is 0. The molecule has 0 spiro atoms. The Labute approximate surface area is 84.1 Å². The Kier molecular flexibility index (Phi) is 3.54. The Hall–Kier alpha value is -1.72. The molecule has 0 radical (unpaired) electrons. The zero-order valence-electron chi connectivity index (χ0n) is 7.69. The van der Waals surface area contributed by atoms with E-state index >= 15 is 0 Å². The van der Waals surface area contributed by atoms with Crippen LogP contribution < -0.4 is 11.1 Å². The summed E-state index contributed by atoms with van der Waals surface area (Å²) in [5, 5.41) is 2.54. The van der Waals surface area contributed by atoms with E-state index in [-0.39, 0.29) is 18.7 Å². The van der Waals surface area contributed by atoms with Crippen LogP contribution in [0.25, 0.3) is 0 Å². The van der Waals surface area contributed by atoms with Gasteiger partial charge in [0.2, 0.25) is 5.91 Å². The van der Waals surface area contributed by atoms with Gasteiger partial charge in [-0.05, 0) is 0 Å². The van der Waals surface area contributed by atoms with E-state index in [9.17, 15) is 18.0 Å². The molecule has 82 valence electrons. The molecule has 6 heteroatoms. The van der Waals surface area contributed by atoms with Gasteiger partial charge in [-0.3, -0.25) is 4.79 Å². The fourth-order valence-electron chi connectivity index (χ4n) is 0.988. The molecule has 0 fully saturated rings. The van der Waals surface area contributed by atoms with E-state index in [4.69, 9.17) is 5.73 Å².